The Kier molecular flexibility index (Phi) is 5.15. The molecule has 0 unspecified atom stereocenters. The number of alkyl halides is 3. The highest BCUT2D eigenvalue weighted by atomic mass is 19.4. The molecule has 0 aliphatic carbocycles. The SMILES string of the molecule is CCn1c(NC)c([N+](=O)[O-])cc(Cc2ccccc2C(F)(F)F)c1=O. The number of hydrogen-bond acceptors (Lipinski definition) is 4. The lowest BCUT2D eigenvalue weighted by atomic mass is 10.00. The second kappa shape index (κ2) is 6.96. The molecule has 1 heterocycles. The highest BCUT2D eigenvalue weighted by molar-refractivity contribution is 5.58. The monoisotopic (exact) mass is 355 g/mol. The molecule has 134 valence electrons. The Morgan fingerprint density at radius 3 is 2.40 bits per heavy atom. The van der Waals surface area contributed by atoms with Gasteiger partial charge in [-0.3, -0.25) is 19.5 Å². The molecule has 0 saturated heterocycles. The van der Waals surface area contributed by atoms with Crippen LogP contribution in [-0.2, 0) is 19.1 Å². The number of hydrogen-bond donors (Lipinski definition) is 1. The van der Waals surface area contributed by atoms with Crippen molar-refractivity contribution in [2.75, 3.05) is 12.4 Å². The fourth-order valence-electron chi connectivity index (χ4n) is 2.70. The number of anilines is 1. The van der Waals surface area contributed by atoms with Crippen LogP contribution in [-0.4, -0.2) is 16.5 Å². The molecular weight excluding hydrogens is 339 g/mol. The zero-order valence-electron chi connectivity index (χ0n) is 13.6. The van der Waals surface area contributed by atoms with Crippen LogP contribution in [0, 0.1) is 10.1 Å². The van der Waals surface area contributed by atoms with Crippen LogP contribution >= 0.6 is 0 Å². The minimum absolute atomic E-state index is 0.0188. The van der Waals surface area contributed by atoms with Gasteiger partial charge >= 0.3 is 11.9 Å². The van der Waals surface area contributed by atoms with Gasteiger partial charge in [0.1, 0.15) is 0 Å². The summed E-state index contributed by atoms with van der Waals surface area (Å²) in [6.07, 6.45) is -4.92. The van der Waals surface area contributed by atoms with E-state index in [0.717, 1.165) is 16.7 Å². The number of benzene rings is 1. The number of halogens is 3. The van der Waals surface area contributed by atoms with Crippen molar-refractivity contribution in [2.45, 2.75) is 26.1 Å². The summed E-state index contributed by atoms with van der Waals surface area (Å²) in [7, 11) is 1.44. The lowest BCUT2D eigenvalue weighted by Gasteiger charge is -2.15. The van der Waals surface area contributed by atoms with Crippen LogP contribution in [0.1, 0.15) is 23.6 Å². The van der Waals surface area contributed by atoms with Crippen molar-refractivity contribution in [3.63, 3.8) is 0 Å². The average molecular weight is 355 g/mol. The molecule has 2 rings (SSSR count). The van der Waals surface area contributed by atoms with E-state index in [1.54, 1.807) is 6.92 Å². The van der Waals surface area contributed by atoms with Gasteiger partial charge in [-0.25, -0.2) is 0 Å². The largest absolute Gasteiger partial charge is 0.416 e. The lowest BCUT2D eigenvalue weighted by molar-refractivity contribution is -0.384. The molecule has 0 fully saturated rings. The lowest BCUT2D eigenvalue weighted by Crippen LogP contribution is -2.27. The molecule has 0 saturated carbocycles. The quantitative estimate of drug-likeness (QED) is 0.658. The van der Waals surface area contributed by atoms with Crippen LogP contribution in [0.25, 0.3) is 0 Å². The van der Waals surface area contributed by atoms with Crippen LogP contribution in [0.3, 0.4) is 0 Å². The predicted molar refractivity (Wildman–Crippen MR) is 86.8 cm³/mol. The molecule has 9 heteroatoms. The number of aromatic nitrogens is 1. The zero-order chi connectivity index (χ0) is 18.8. The predicted octanol–water partition coefficient (Wildman–Crippen LogP) is 3.43. The van der Waals surface area contributed by atoms with E-state index in [-0.39, 0.29) is 35.6 Å². The van der Waals surface area contributed by atoms with Crippen molar-refractivity contribution in [3.8, 4) is 0 Å². The molecule has 0 amide bonds. The van der Waals surface area contributed by atoms with E-state index < -0.39 is 22.2 Å². The van der Waals surface area contributed by atoms with Crippen molar-refractivity contribution in [2.24, 2.45) is 0 Å². The number of nitrogens with one attached hydrogen (secondary N) is 1. The summed E-state index contributed by atoms with van der Waals surface area (Å²) < 4.78 is 40.5. The van der Waals surface area contributed by atoms with Crippen LogP contribution in [0.4, 0.5) is 24.7 Å². The number of rotatable bonds is 5. The smallest absolute Gasteiger partial charge is 0.369 e. The minimum atomic E-state index is -4.57. The first kappa shape index (κ1) is 18.5. The number of nitrogens with zero attached hydrogens (tertiary/aromatic N) is 2. The third kappa shape index (κ3) is 3.65. The Bertz CT molecular complexity index is 860. The average Bonchev–Trinajstić information content (AvgIpc) is 2.55. The van der Waals surface area contributed by atoms with Gasteiger partial charge in [-0.05, 0) is 18.6 Å². The molecule has 2 aromatic rings. The molecule has 1 aromatic carbocycles. The topological polar surface area (TPSA) is 77.2 Å². The zero-order valence-corrected chi connectivity index (χ0v) is 13.6. The molecule has 0 atom stereocenters. The maximum atomic E-state index is 13.1. The van der Waals surface area contributed by atoms with Crippen LogP contribution in [0.5, 0.6) is 0 Å². The van der Waals surface area contributed by atoms with Gasteiger partial charge in [-0.15, -0.1) is 0 Å². The van der Waals surface area contributed by atoms with Gasteiger partial charge in [-0.2, -0.15) is 13.2 Å². The van der Waals surface area contributed by atoms with Gasteiger partial charge in [0.25, 0.3) is 5.56 Å². The third-order valence-corrected chi connectivity index (χ3v) is 3.80. The van der Waals surface area contributed by atoms with Crippen LogP contribution in [0.2, 0.25) is 0 Å². The van der Waals surface area contributed by atoms with E-state index in [4.69, 9.17) is 0 Å². The molecule has 1 N–H and O–H groups in total. The summed E-state index contributed by atoms with van der Waals surface area (Å²) in [5.41, 5.74) is -1.96. The van der Waals surface area contributed by atoms with E-state index in [9.17, 15) is 28.1 Å². The van der Waals surface area contributed by atoms with Gasteiger partial charge < -0.3 is 5.32 Å². The third-order valence-electron chi connectivity index (χ3n) is 3.80. The van der Waals surface area contributed by atoms with Gasteiger partial charge in [0.15, 0.2) is 5.82 Å². The minimum Gasteiger partial charge on any atom is -0.369 e. The summed E-state index contributed by atoms with van der Waals surface area (Å²) in [5.74, 6) is 0.0188. The van der Waals surface area contributed by atoms with Gasteiger partial charge in [0.2, 0.25) is 0 Å². The Labute approximate surface area is 141 Å². The Balaban J connectivity index is 2.65. The number of nitro groups is 1. The second-order valence-electron chi connectivity index (χ2n) is 5.29. The van der Waals surface area contributed by atoms with Gasteiger partial charge in [-0.1, -0.05) is 18.2 Å². The molecule has 0 aliphatic rings. The standard InChI is InChI=1S/C16H16F3N3O3/c1-3-21-14(20-2)13(22(24)25)9-11(15(21)23)8-10-6-4-5-7-12(10)16(17,18)19/h4-7,9,20H,3,8H2,1-2H3. The molecule has 1 aromatic heterocycles. The normalized spacial score (nSPS) is 11.4. The molecule has 0 aliphatic heterocycles. The Morgan fingerprint density at radius 1 is 1.24 bits per heavy atom. The Morgan fingerprint density at radius 2 is 1.88 bits per heavy atom. The fraction of sp³-hybridized carbons (Fsp3) is 0.312. The summed E-state index contributed by atoms with van der Waals surface area (Å²) >= 11 is 0. The van der Waals surface area contributed by atoms with Gasteiger partial charge in [0.05, 0.1) is 10.5 Å². The van der Waals surface area contributed by atoms with E-state index in [2.05, 4.69) is 5.32 Å². The van der Waals surface area contributed by atoms with Crippen molar-refractivity contribution in [1.29, 1.82) is 0 Å². The van der Waals surface area contributed by atoms with Crippen molar-refractivity contribution in [3.05, 3.63) is 67.5 Å². The highest BCUT2D eigenvalue weighted by Crippen LogP contribution is 2.33. The number of pyridine rings is 1. The Hall–Kier alpha value is -2.84. The second-order valence-corrected chi connectivity index (χ2v) is 5.29. The van der Waals surface area contributed by atoms with Gasteiger partial charge in [0, 0.05) is 31.6 Å². The van der Waals surface area contributed by atoms with E-state index in [1.807, 2.05) is 0 Å². The summed E-state index contributed by atoms with van der Waals surface area (Å²) in [5, 5.41) is 13.9. The first-order chi connectivity index (χ1) is 11.7. The molecule has 0 spiro atoms. The van der Waals surface area contributed by atoms with Crippen LogP contribution < -0.4 is 10.9 Å². The van der Waals surface area contributed by atoms with Crippen molar-refractivity contribution in [1.82, 2.24) is 4.57 Å². The fourth-order valence-corrected chi connectivity index (χ4v) is 2.70. The molecule has 25 heavy (non-hydrogen) atoms. The highest BCUT2D eigenvalue weighted by Gasteiger charge is 2.33. The molecular formula is C16H16F3N3O3. The molecule has 0 radical (unpaired) electrons. The van der Waals surface area contributed by atoms with Crippen LogP contribution in [0.15, 0.2) is 35.1 Å². The summed E-state index contributed by atoms with van der Waals surface area (Å²) in [6.45, 7) is 1.77. The van der Waals surface area contributed by atoms with E-state index in [0.29, 0.717) is 0 Å². The summed E-state index contributed by atoms with van der Waals surface area (Å²) in [6, 6.07) is 5.90. The van der Waals surface area contributed by atoms with E-state index in [1.165, 1.54) is 25.2 Å². The maximum Gasteiger partial charge on any atom is 0.416 e. The first-order valence-corrected chi connectivity index (χ1v) is 7.44. The maximum absolute atomic E-state index is 13.1. The molecule has 0 bridgehead atoms. The van der Waals surface area contributed by atoms with Crippen molar-refractivity contribution < 1.29 is 18.1 Å². The van der Waals surface area contributed by atoms with Crippen molar-refractivity contribution >= 4 is 11.5 Å². The first-order valence-electron chi connectivity index (χ1n) is 7.44. The molecule has 6 nitrogen and oxygen atoms in total. The summed E-state index contributed by atoms with van der Waals surface area (Å²) in [4.78, 5) is 23.1. The van der Waals surface area contributed by atoms with E-state index >= 15 is 0 Å².